The maximum Gasteiger partial charge on any atom is 0.437 e. The van der Waals surface area contributed by atoms with E-state index in [9.17, 15) is 32.3 Å². The number of ketones is 1. The van der Waals surface area contributed by atoms with Gasteiger partial charge in [-0.25, -0.2) is 9.18 Å². The van der Waals surface area contributed by atoms with Crippen molar-refractivity contribution in [1.29, 1.82) is 0 Å². The average molecular weight is 417 g/mol. The fourth-order valence-electron chi connectivity index (χ4n) is 3.17. The number of carbonyl (C=O) groups is 2. The Bertz CT molecular complexity index is 903. The first-order chi connectivity index (χ1) is 13.1. The first kappa shape index (κ1) is 20.1. The highest BCUT2D eigenvalue weighted by molar-refractivity contribution is 6.31. The minimum Gasteiger partial charge on any atom is -0.363 e. The second-order valence-electron chi connectivity index (χ2n) is 6.18. The molecule has 1 saturated heterocycles. The smallest absolute Gasteiger partial charge is 0.363 e. The van der Waals surface area contributed by atoms with Crippen LogP contribution in [0.15, 0.2) is 48.5 Å². The van der Waals surface area contributed by atoms with Gasteiger partial charge in [0.2, 0.25) is 5.72 Å². The minimum atomic E-state index is -5.43. The summed E-state index contributed by atoms with van der Waals surface area (Å²) in [5.74, 6) is -4.53. The summed E-state index contributed by atoms with van der Waals surface area (Å²) in [7, 11) is 0. The molecule has 3 N–H and O–H groups in total. The summed E-state index contributed by atoms with van der Waals surface area (Å²) in [6.07, 6.45) is -5.43. The van der Waals surface area contributed by atoms with Gasteiger partial charge in [-0.1, -0.05) is 48.0 Å². The van der Waals surface area contributed by atoms with E-state index < -0.39 is 47.1 Å². The Hall–Kier alpha value is -2.65. The number of rotatable bonds is 3. The molecule has 148 valence electrons. The Morgan fingerprint density at radius 2 is 1.75 bits per heavy atom. The molecular weight excluding hydrogens is 404 g/mol. The molecule has 2 aromatic carbocycles. The molecule has 0 aliphatic carbocycles. The van der Waals surface area contributed by atoms with E-state index in [0.717, 1.165) is 6.07 Å². The number of halogens is 5. The predicted molar refractivity (Wildman–Crippen MR) is 91.1 cm³/mol. The molecule has 2 amide bonds. The van der Waals surface area contributed by atoms with Gasteiger partial charge in [-0.15, -0.1) is 0 Å². The molecule has 0 bridgehead atoms. The van der Waals surface area contributed by atoms with Gasteiger partial charge >= 0.3 is 12.2 Å². The van der Waals surface area contributed by atoms with E-state index in [1.165, 1.54) is 41.7 Å². The van der Waals surface area contributed by atoms with Crippen LogP contribution in [0.25, 0.3) is 0 Å². The standard InChI is InChI=1S/C18H13ClF4N2O3/c19-10-7-4-8-11(20)12(10)14-13(15(26)9-5-2-1-3-6-9)17(28,18(21,22)23)25-16(27)24-14/h1-8,13-14,28H,(H2,24,25,27)/t13-,14-,17+/m0/s1. The monoisotopic (exact) mass is 416 g/mol. The van der Waals surface area contributed by atoms with Crippen LogP contribution in [0.3, 0.4) is 0 Å². The van der Waals surface area contributed by atoms with Crippen LogP contribution < -0.4 is 10.6 Å². The van der Waals surface area contributed by atoms with Gasteiger partial charge in [-0.2, -0.15) is 13.2 Å². The molecule has 3 atom stereocenters. The van der Waals surface area contributed by atoms with E-state index >= 15 is 0 Å². The van der Waals surface area contributed by atoms with E-state index in [0.29, 0.717) is 0 Å². The molecular formula is C18H13ClF4N2O3. The van der Waals surface area contributed by atoms with Crippen molar-refractivity contribution in [3.8, 4) is 0 Å². The summed E-state index contributed by atoms with van der Waals surface area (Å²) < 4.78 is 55.7. The van der Waals surface area contributed by atoms with Crippen LogP contribution in [0.5, 0.6) is 0 Å². The lowest BCUT2D eigenvalue weighted by Crippen LogP contribution is -2.72. The molecule has 5 nitrogen and oxygen atoms in total. The third kappa shape index (κ3) is 3.31. The summed E-state index contributed by atoms with van der Waals surface area (Å²) >= 11 is 5.95. The molecule has 10 heteroatoms. The van der Waals surface area contributed by atoms with E-state index in [4.69, 9.17) is 11.6 Å². The van der Waals surface area contributed by atoms with Gasteiger partial charge in [0.15, 0.2) is 5.78 Å². The second-order valence-corrected chi connectivity index (χ2v) is 6.59. The van der Waals surface area contributed by atoms with Gasteiger partial charge in [0.1, 0.15) is 11.7 Å². The van der Waals surface area contributed by atoms with Gasteiger partial charge in [0, 0.05) is 16.1 Å². The Morgan fingerprint density at radius 3 is 2.32 bits per heavy atom. The van der Waals surface area contributed by atoms with Gasteiger partial charge < -0.3 is 15.7 Å². The molecule has 1 aliphatic heterocycles. The average Bonchev–Trinajstić information content (AvgIpc) is 2.60. The summed E-state index contributed by atoms with van der Waals surface area (Å²) in [4.78, 5) is 24.8. The van der Waals surface area contributed by atoms with Crippen LogP contribution in [0, 0.1) is 11.7 Å². The number of carbonyl (C=O) groups excluding carboxylic acids is 2. The van der Waals surface area contributed by atoms with E-state index in [2.05, 4.69) is 5.32 Å². The lowest BCUT2D eigenvalue weighted by atomic mass is 9.77. The van der Waals surface area contributed by atoms with Crippen molar-refractivity contribution in [3.63, 3.8) is 0 Å². The lowest BCUT2D eigenvalue weighted by molar-refractivity contribution is -0.287. The Morgan fingerprint density at radius 1 is 1.11 bits per heavy atom. The van der Waals surface area contributed by atoms with Crippen molar-refractivity contribution in [1.82, 2.24) is 10.6 Å². The number of hydrogen-bond donors (Lipinski definition) is 3. The number of urea groups is 1. The number of nitrogens with one attached hydrogen (secondary N) is 2. The number of Topliss-reactive ketones (excluding diaryl/α,β-unsaturated/α-hetero) is 1. The molecule has 1 aliphatic rings. The van der Waals surface area contributed by atoms with Crippen molar-refractivity contribution in [2.24, 2.45) is 5.92 Å². The van der Waals surface area contributed by atoms with Crippen LogP contribution in [0.4, 0.5) is 22.4 Å². The number of hydrogen-bond acceptors (Lipinski definition) is 3. The highest BCUT2D eigenvalue weighted by Gasteiger charge is 2.66. The molecule has 0 unspecified atom stereocenters. The van der Waals surface area contributed by atoms with E-state index in [1.54, 1.807) is 6.07 Å². The largest absolute Gasteiger partial charge is 0.437 e. The fraction of sp³-hybridized carbons (Fsp3) is 0.222. The zero-order chi connectivity index (χ0) is 20.7. The van der Waals surface area contributed by atoms with Gasteiger partial charge in [-0.05, 0) is 12.1 Å². The third-order valence-electron chi connectivity index (χ3n) is 4.46. The predicted octanol–water partition coefficient (Wildman–Crippen LogP) is 3.58. The molecule has 3 rings (SSSR count). The third-order valence-corrected chi connectivity index (χ3v) is 4.79. The SMILES string of the molecule is O=C1N[C@@H](c2c(F)cccc2Cl)[C@@H](C(=O)c2ccccc2)[C@@](O)(C(F)(F)F)N1. The molecule has 1 fully saturated rings. The van der Waals surface area contributed by atoms with Crippen molar-refractivity contribution < 1.29 is 32.3 Å². The maximum absolute atomic E-state index is 14.4. The van der Waals surface area contributed by atoms with Crippen LogP contribution in [-0.2, 0) is 0 Å². The lowest BCUT2D eigenvalue weighted by Gasteiger charge is -2.45. The molecule has 2 aromatic rings. The van der Waals surface area contributed by atoms with Gasteiger partial charge in [0.25, 0.3) is 0 Å². The Labute approximate surface area is 161 Å². The molecule has 28 heavy (non-hydrogen) atoms. The van der Waals surface area contributed by atoms with Crippen LogP contribution in [0.1, 0.15) is 22.0 Å². The van der Waals surface area contributed by atoms with Gasteiger partial charge in [0.05, 0.1) is 6.04 Å². The van der Waals surface area contributed by atoms with Crippen LogP contribution in [-0.4, -0.2) is 28.8 Å². The summed E-state index contributed by atoms with van der Waals surface area (Å²) in [6, 6.07) is 6.90. The molecule has 0 aromatic heterocycles. The summed E-state index contributed by atoms with van der Waals surface area (Å²) in [5.41, 5.74) is -4.64. The van der Waals surface area contributed by atoms with Crippen LogP contribution in [0.2, 0.25) is 5.02 Å². The minimum absolute atomic E-state index is 0.161. The highest BCUT2D eigenvalue weighted by atomic mass is 35.5. The summed E-state index contributed by atoms with van der Waals surface area (Å²) in [6.45, 7) is 0. The number of aliphatic hydroxyl groups is 1. The zero-order valence-electron chi connectivity index (χ0n) is 13.9. The highest BCUT2D eigenvalue weighted by Crippen LogP contribution is 2.45. The molecule has 0 spiro atoms. The van der Waals surface area contributed by atoms with Crippen LogP contribution >= 0.6 is 11.6 Å². The topological polar surface area (TPSA) is 78.4 Å². The molecule has 0 radical (unpaired) electrons. The molecule has 1 heterocycles. The van der Waals surface area contributed by atoms with Crippen molar-refractivity contribution in [2.75, 3.05) is 0 Å². The van der Waals surface area contributed by atoms with E-state index in [1.807, 2.05) is 0 Å². The fourth-order valence-corrected chi connectivity index (χ4v) is 3.45. The number of amides is 2. The van der Waals surface area contributed by atoms with Crippen molar-refractivity contribution in [2.45, 2.75) is 17.9 Å². The zero-order valence-corrected chi connectivity index (χ0v) is 14.7. The number of alkyl halides is 3. The van der Waals surface area contributed by atoms with Crippen molar-refractivity contribution >= 4 is 23.4 Å². The number of benzene rings is 2. The maximum atomic E-state index is 14.4. The Balaban J connectivity index is 2.23. The normalized spacial score (nSPS) is 25.0. The quantitative estimate of drug-likeness (QED) is 0.528. The molecule has 0 saturated carbocycles. The Kier molecular flexibility index (Phi) is 5.07. The van der Waals surface area contributed by atoms with Crippen molar-refractivity contribution in [3.05, 3.63) is 70.5 Å². The first-order valence-electron chi connectivity index (χ1n) is 7.97. The van der Waals surface area contributed by atoms with E-state index in [-0.39, 0.29) is 10.6 Å². The first-order valence-corrected chi connectivity index (χ1v) is 8.35. The summed E-state index contributed by atoms with van der Waals surface area (Å²) in [5, 5.41) is 13.6. The van der Waals surface area contributed by atoms with Gasteiger partial charge in [-0.3, -0.25) is 4.79 Å². The second kappa shape index (κ2) is 7.06.